The second-order valence-corrected chi connectivity index (χ2v) is 10.7. The van der Waals surface area contributed by atoms with Crippen LogP contribution in [0.4, 0.5) is 0 Å². The van der Waals surface area contributed by atoms with Crippen LogP contribution in [0.15, 0.2) is 76.0 Å². The normalized spacial score (nSPS) is 14.9. The topological polar surface area (TPSA) is 99.4 Å². The van der Waals surface area contributed by atoms with Gasteiger partial charge in [-0.25, -0.2) is 9.79 Å². The summed E-state index contributed by atoms with van der Waals surface area (Å²) >= 11 is 13.4. The van der Waals surface area contributed by atoms with E-state index in [2.05, 4.69) is 0 Å². The fourth-order valence-electron chi connectivity index (χ4n) is 4.62. The molecule has 3 aromatic carbocycles. The zero-order chi connectivity index (χ0) is 29.3. The van der Waals surface area contributed by atoms with Crippen molar-refractivity contribution >= 4 is 52.3 Å². The highest BCUT2D eigenvalue weighted by Crippen LogP contribution is 2.38. The summed E-state index contributed by atoms with van der Waals surface area (Å²) in [5.74, 6) is 0.0907. The third kappa shape index (κ3) is 5.36. The Morgan fingerprint density at radius 2 is 1.80 bits per heavy atom. The quantitative estimate of drug-likeness (QED) is 0.297. The van der Waals surface area contributed by atoms with Crippen LogP contribution in [0.5, 0.6) is 17.2 Å². The average molecular weight is 612 g/mol. The number of carbonyl (C=O) groups excluding carboxylic acids is 1. The molecule has 8 nitrogen and oxygen atoms in total. The molecule has 0 amide bonds. The SMILES string of the molecule is CCOC(=O)C1=C(c2ccccc2)N=c2s/c(=C\c3cc(Cl)cc(Cl)c3O)c(=O)n2[C@H]1c1ccc(OC)c(OC)c1. The summed E-state index contributed by atoms with van der Waals surface area (Å²) in [7, 11) is 3.03. The molecule has 41 heavy (non-hydrogen) atoms. The van der Waals surface area contributed by atoms with E-state index >= 15 is 0 Å². The molecular formula is C30H24Cl2N2O6S. The van der Waals surface area contributed by atoms with Crippen LogP contribution >= 0.6 is 34.5 Å². The number of carbonyl (C=O) groups is 1. The zero-order valence-corrected chi connectivity index (χ0v) is 24.5. The van der Waals surface area contributed by atoms with E-state index in [-0.39, 0.29) is 33.0 Å². The van der Waals surface area contributed by atoms with Crippen LogP contribution in [0.1, 0.15) is 29.7 Å². The molecule has 5 rings (SSSR count). The van der Waals surface area contributed by atoms with E-state index in [1.54, 1.807) is 25.1 Å². The molecule has 11 heteroatoms. The Balaban J connectivity index is 1.86. The van der Waals surface area contributed by atoms with Gasteiger partial charge < -0.3 is 19.3 Å². The van der Waals surface area contributed by atoms with Gasteiger partial charge in [0.25, 0.3) is 5.56 Å². The lowest BCUT2D eigenvalue weighted by molar-refractivity contribution is -0.138. The van der Waals surface area contributed by atoms with Crippen molar-refractivity contribution in [2.45, 2.75) is 13.0 Å². The van der Waals surface area contributed by atoms with Crippen LogP contribution in [-0.4, -0.2) is 36.5 Å². The minimum atomic E-state index is -0.918. The monoisotopic (exact) mass is 610 g/mol. The minimum Gasteiger partial charge on any atom is -0.506 e. The Labute approximate surface area is 249 Å². The van der Waals surface area contributed by atoms with Gasteiger partial charge in [-0.3, -0.25) is 9.36 Å². The van der Waals surface area contributed by atoms with Crippen LogP contribution in [-0.2, 0) is 9.53 Å². The number of ether oxygens (including phenoxy) is 3. The lowest BCUT2D eigenvalue weighted by atomic mass is 9.93. The summed E-state index contributed by atoms with van der Waals surface area (Å²) in [6.45, 7) is 1.84. The average Bonchev–Trinajstić information content (AvgIpc) is 3.29. The number of phenolic OH excluding ortho intramolecular Hbond substituents is 1. The third-order valence-corrected chi connectivity index (χ3v) is 7.93. The number of halogens is 2. The van der Waals surface area contributed by atoms with Crippen LogP contribution in [0.25, 0.3) is 11.8 Å². The Morgan fingerprint density at radius 3 is 2.49 bits per heavy atom. The molecule has 1 aromatic heterocycles. The molecule has 0 radical (unpaired) electrons. The number of aromatic nitrogens is 1. The Hall–Kier alpha value is -4.05. The van der Waals surface area contributed by atoms with E-state index in [0.717, 1.165) is 11.3 Å². The van der Waals surface area contributed by atoms with Gasteiger partial charge in [-0.05, 0) is 42.8 Å². The summed E-state index contributed by atoms with van der Waals surface area (Å²) in [5.41, 5.74) is 1.66. The van der Waals surface area contributed by atoms with Crippen molar-refractivity contribution in [3.63, 3.8) is 0 Å². The summed E-state index contributed by atoms with van der Waals surface area (Å²) < 4.78 is 18.1. The predicted octanol–water partition coefficient (Wildman–Crippen LogP) is 4.97. The van der Waals surface area contributed by atoms with Crippen LogP contribution in [0, 0.1) is 0 Å². The van der Waals surface area contributed by atoms with Gasteiger partial charge >= 0.3 is 5.97 Å². The molecule has 1 atom stereocenters. The van der Waals surface area contributed by atoms with E-state index in [4.69, 9.17) is 42.4 Å². The molecule has 2 heterocycles. The lowest BCUT2D eigenvalue weighted by Gasteiger charge is -2.26. The first-order chi connectivity index (χ1) is 19.8. The molecular weight excluding hydrogens is 587 g/mol. The number of benzene rings is 3. The fourth-order valence-corrected chi connectivity index (χ4v) is 6.12. The number of aromatic hydroxyl groups is 1. The second kappa shape index (κ2) is 11.8. The molecule has 0 aliphatic carbocycles. The van der Waals surface area contributed by atoms with Gasteiger partial charge in [-0.1, -0.05) is 70.9 Å². The molecule has 0 fully saturated rings. The maximum atomic E-state index is 14.0. The van der Waals surface area contributed by atoms with E-state index in [9.17, 15) is 14.7 Å². The van der Waals surface area contributed by atoms with Crippen LogP contribution < -0.4 is 24.4 Å². The molecule has 0 spiro atoms. The van der Waals surface area contributed by atoms with Crippen molar-refractivity contribution < 1.29 is 24.1 Å². The number of thiazole rings is 1. The molecule has 4 aromatic rings. The van der Waals surface area contributed by atoms with Crippen molar-refractivity contribution in [2.24, 2.45) is 4.99 Å². The minimum absolute atomic E-state index is 0.0516. The molecule has 0 saturated carbocycles. The number of hydrogen-bond acceptors (Lipinski definition) is 8. The van der Waals surface area contributed by atoms with Crippen molar-refractivity contribution in [2.75, 3.05) is 20.8 Å². The Morgan fingerprint density at radius 1 is 1.07 bits per heavy atom. The summed E-state index contributed by atoms with van der Waals surface area (Å²) in [6.07, 6.45) is 1.50. The van der Waals surface area contributed by atoms with Gasteiger partial charge in [0.15, 0.2) is 16.3 Å². The maximum Gasteiger partial charge on any atom is 0.338 e. The molecule has 0 unspecified atom stereocenters. The third-order valence-electron chi connectivity index (χ3n) is 6.44. The number of fused-ring (bicyclic) bond motifs is 1. The molecule has 1 aliphatic rings. The van der Waals surface area contributed by atoms with Gasteiger partial charge in [0.05, 0.1) is 47.7 Å². The van der Waals surface area contributed by atoms with E-state index in [1.165, 1.54) is 37.0 Å². The van der Waals surface area contributed by atoms with Gasteiger partial charge in [0.1, 0.15) is 5.75 Å². The highest BCUT2D eigenvalue weighted by molar-refractivity contribution is 7.07. The Bertz CT molecular complexity index is 1860. The molecule has 0 bridgehead atoms. The van der Waals surface area contributed by atoms with Gasteiger partial charge in [-0.15, -0.1) is 0 Å². The Kier molecular flexibility index (Phi) is 8.21. The highest BCUT2D eigenvalue weighted by Gasteiger charge is 2.35. The molecule has 0 saturated heterocycles. The van der Waals surface area contributed by atoms with Crippen molar-refractivity contribution in [1.29, 1.82) is 0 Å². The predicted molar refractivity (Wildman–Crippen MR) is 159 cm³/mol. The summed E-state index contributed by atoms with van der Waals surface area (Å²) in [4.78, 5) is 32.8. The van der Waals surface area contributed by atoms with E-state index < -0.39 is 17.6 Å². The summed E-state index contributed by atoms with van der Waals surface area (Å²) in [6, 6.07) is 16.4. The first-order valence-electron chi connectivity index (χ1n) is 12.5. The molecule has 210 valence electrons. The lowest BCUT2D eigenvalue weighted by Crippen LogP contribution is -2.40. The van der Waals surface area contributed by atoms with Gasteiger partial charge in [0, 0.05) is 16.1 Å². The number of esters is 1. The van der Waals surface area contributed by atoms with Crippen molar-refractivity contribution in [3.05, 3.63) is 113 Å². The number of nitrogens with zero attached hydrogens (tertiary/aromatic N) is 2. The molecule has 1 N–H and O–H groups in total. The van der Waals surface area contributed by atoms with E-state index in [1.807, 2.05) is 30.3 Å². The largest absolute Gasteiger partial charge is 0.506 e. The number of phenols is 1. The standard InChI is InChI=1S/C30H24Cl2N2O6S/c1-4-40-29(37)24-25(16-8-6-5-7-9-16)33-30-34(26(24)17-10-11-21(38-2)22(13-17)39-3)28(36)23(41-30)14-18-12-19(31)15-20(32)27(18)35/h5-15,26,35H,4H2,1-3H3/b23-14-/t26-/m0/s1. The van der Waals surface area contributed by atoms with Crippen LogP contribution in [0.2, 0.25) is 10.0 Å². The second-order valence-electron chi connectivity index (χ2n) is 8.87. The summed E-state index contributed by atoms with van der Waals surface area (Å²) in [5, 5.41) is 10.9. The zero-order valence-electron chi connectivity index (χ0n) is 22.2. The molecule has 1 aliphatic heterocycles. The van der Waals surface area contributed by atoms with Crippen LogP contribution in [0.3, 0.4) is 0 Å². The smallest absolute Gasteiger partial charge is 0.338 e. The highest BCUT2D eigenvalue weighted by atomic mass is 35.5. The number of methoxy groups -OCH3 is 2. The first kappa shape index (κ1) is 28.5. The van der Waals surface area contributed by atoms with Crippen molar-refractivity contribution in [1.82, 2.24) is 4.57 Å². The van der Waals surface area contributed by atoms with Gasteiger partial charge in [0.2, 0.25) is 0 Å². The van der Waals surface area contributed by atoms with Gasteiger partial charge in [-0.2, -0.15) is 0 Å². The first-order valence-corrected chi connectivity index (χ1v) is 14.0. The number of rotatable bonds is 7. The maximum absolute atomic E-state index is 14.0. The fraction of sp³-hybridized carbons (Fsp3) is 0.167. The van der Waals surface area contributed by atoms with Crippen molar-refractivity contribution in [3.8, 4) is 17.2 Å². The van der Waals surface area contributed by atoms with E-state index in [0.29, 0.717) is 38.1 Å². The number of hydrogen-bond donors (Lipinski definition) is 1.